The molecule has 0 aliphatic carbocycles. The number of rotatable bonds is 7. The summed E-state index contributed by atoms with van der Waals surface area (Å²) in [6.45, 7) is 3.74. The van der Waals surface area contributed by atoms with Crippen molar-refractivity contribution >= 4 is 21.8 Å². The molecule has 1 fully saturated rings. The van der Waals surface area contributed by atoms with Crippen LogP contribution in [0.3, 0.4) is 0 Å². The lowest BCUT2D eigenvalue weighted by molar-refractivity contribution is -0.123. The van der Waals surface area contributed by atoms with Gasteiger partial charge in [0.05, 0.1) is 19.3 Å². The van der Waals surface area contributed by atoms with Crippen molar-refractivity contribution in [2.24, 2.45) is 0 Å². The second-order valence-corrected chi connectivity index (χ2v) is 7.04. The molecule has 1 aliphatic heterocycles. The second-order valence-electron chi connectivity index (χ2n) is 6.12. The first-order valence-corrected chi connectivity index (χ1v) is 9.53. The summed E-state index contributed by atoms with van der Waals surface area (Å²) in [6, 6.07) is 17.8. The molecule has 1 saturated heterocycles. The van der Waals surface area contributed by atoms with Gasteiger partial charge in [0, 0.05) is 24.1 Å². The van der Waals surface area contributed by atoms with Gasteiger partial charge in [0.2, 0.25) is 0 Å². The molecule has 0 spiro atoms. The van der Waals surface area contributed by atoms with Crippen LogP contribution < -0.4 is 10.1 Å². The van der Waals surface area contributed by atoms with Gasteiger partial charge in [-0.25, -0.2) is 0 Å². The van der Waals surface area contributed by atoms with E-state index in [9.17, 15) is 4.79 Å². The van der Waals surface area contributed by atoms with Crippen molar-refractivity contribution in [2.75, 3.05) is 39.5 Å². The Labute approximate surface area is 162 Å². The zero-order chi connectivity index (χ0) is 18.2. The van der Waals surface area contributed by atoms with Crippen molar-refractivity contribution in [3.05, 3.63) is 64.6 Å². The third kappa shape index (κ3) is 5.56. The topological polar surface area (TPSA) is 50.8 Å². The van der Waals surface area contributed by atoms with Crippen LogP contribution in [0.25, 0.3) is 0 Å². The average Bonchev–Trinajstić information content (AvgIpc) is 2.69. The molecule has 138 valence electrons. The number of nitrogens with one attached hydrogen (secondary N) is 1. The van der Waals surface area contributed by atoms with Crippen LogP contribution in [0, 0.1) is 0 Å². The predicted octanol–water partition coefficient (Wildman–Crippen LogP) is 3.02. The van der Waals surface area contributed by atoms with Gasteiger partial charge in [-0.1, -0.05) is 46.3 Å². The number of nitrogens with zero attached hydrogens (tertiary/aromatic N) is 1. The van der Waals surface area contributed by atoms with Gasteiger partial charge in [0.15, 0.2) is 6.61 Å². The Morgan fingerprint density at radius 3 is 2.50 bits per heavy atom. The molecule has 1 amide bonds. The first-order chi connectivity index (χ1) is 12.7. The number of morpholine rings is 1. The zero-order valence-corrected chi connectivity index (χ0v) is 16.2. The third-order valence-electron chi connectivity index (χ3n) is 4.35. The number of hydrogen-bond acceptors (Lipinski definition) is 4. The highest BCUT2D eigenvalue weighted by Crippen LogP contribution is 2.21. The van der Waals surface area contributed by atoms with Crippen molar-refractivity contribution in [1.29, 1.82) is 0 Å². The average molecular weight is 419 g/mol. The monoisotopic (exact) mass is 418 g/mol. The fourth-order valence-electron chi connectivity index (χ4n) is 2.96. The van der Waals surface area contributed by atoms with E-state index in [1.165, 1.54) is 5.56 Å². The van der Waals surface area contributed by atoms with E-state index in [4.69, 9.17) is 9.47 Å². The summed E-state index contributed by atoms with van der Waals surface area (Å²) in [4.78, 5) is 14.6. The van der Waals surface area contributed by atoms with Crippen LogP contribution in [0.5, 0.6) is 5.75 Å². The summed E-state index contributed by atoms with van der Waals surface area (Å²) in [7, 11) is 0. The number of halogens is 1. The van der Waals surface area contributed by atoms with Crippen molar-refractivity contribution in [1.82, 2.24) is 10.2 Å². The molecule has 2 aromatic carbocycles. The molecular weight excluding hydrogens is 396 g/mol. The van der Waals surface area contributed by atoms with Gasteiger partial charge < -0.3 is 14.8 Å². The lowest BCUT2D eigenvalue weighted by Gasteiger charge is -2.34. The fraction of sp³-hybridized carbons (Fsp3) is 0.350. The Balaban J connectivity index is 1.54. The standard InChI is InChI=1S/C20H23BrN2O3/c21-17-6-8-18(9-7-17)26-15-20(24)22-14-19(16-4-2-1-3-5-16)23-10-12-25-13-11-23/h1-9,19H,10-15H2,(H,22,24)/t19-/m0/s1. The summed E-state index contributed by atoms with van der Waals surface area (Å²) in [6.07, 6.45) is 0. The highest BCUT2D eigenvalue weighted by atomic mass is 79.9. The molecule has 0 aromatic heterocycles. The summed E-state index contributed by atoms with van der Waals surface area (Å²) in [5.74, 6) is 0.554. The Kier molecular flexibility index (Phi) is 7.05. The van der Waals surface area contributed by atoms with Crippen LogP contribution in [-0.2, 0) is 9.53 Å². The summed E-state index contributed by atoms with van der Waals surface area (Å²) < 4.78 is 12.0. The van der Waals surface area contributed by atoms with Crippen LogP contribution in [0.1, 0.15) is 11.6 Å². The minimum absolute atomic E-state index is 0.00620. The molecular formula is C20H23BrN2O3. The second kappa shape index (κ2) is 9.71. The van der Waals surface area contributed by atoms with E-state index in [0.717, 1.165) is 30.8 Å². The first-order valence-electron chi connectivity index (χ1n) is 8.74. The van der Waals surface area contributed by atoms with E-state index in [2.05, 4.69) is 38.3 Å². The predicted molar refractivity (Wildman–Crippen MR) is 104 cm³/mol. The molecule has 0 saturated carbocycles. The Morgan fingerprint density at radius 1 is 1.12 bits per heavy atom. The van der Waals surface area contributed by atoms with Crippen molar-refractivity contribution in [3.8, 4) is 5.75 Å². The van der Waals surface area contributed by atoms with Crippen LogP contribution in [-0.4, -0.2) is 50.3 Å². The molecule has 1 aliphatic rings. The molecule has 0 bridgehead atoms. The minimum Gasteiger partial charge on any atom is -0.484 e. The van der Waals surface area contributed by atoms with Crippen molar-refractivity contribution in [3.63, 3.8) is 0 Å². The van der Waals surface area contributed by atoms with E-state index in [1.807, 2.05) is 42.5 Å². The van der Waals surface area contributed by atoms with Crippen LogP contribution in [0.2, 0.25) is 0 Å². The number of hydrogen-bond donors (Lipinski definition) is 1. The molecule has 1 heterocycles. The minimum atomic E-state index is -0.123. The largest absolute Gasteiger partial charge is 0.484 e. The third-order valence-corrected chi connectivity index (χ3v) is 4.88. The van der Waals surface area contributed by atoms with Gasteiger partial charge in [0.1, 0.15) is 5.75 Å². The highest BCUT2D eigenvalue weighted by Gasteiger charge is 2.23. The van der Waals surface area contributed by atoms with E-state index in [0.29, 0.717) is 12.3 Å². The molecule has 26 heavy (non-hydrogen) atoms. The Morgan fingerprint density at radius 2 is 1.81 bits per heavy atom. The normalized spacial score (nSPS) is 16.0. The molecule has 3 rings (SSSR count). The molecule has 0 radical (unpaired) electrons. The lowest BCUT2D eigenvalue weighted by atomic mass is 10.0. The van der Waals surface area contributed by atoms with Gasteiger partial charge in [-0.05, 0) is 29.8 Å². The molecule has 1 atom stereocenters. The van der Waals surface area contributed by atoms with Crippen LogP contribution >= 0.6 is 15.9 Å². The Bertz CT molecular complexity index is 688. The molecule has 2 aromatic rings. The fourth-order valence-corrected chi connectivity index (χ4v) is 3.23. The SMILES string of the molecule is O=C(COc1ccc(Br)cc1)NC[C@@H](c1ccccc1)N1CCOCC1. The summed E-state index contributed by atoms with van der Waals surface area (Å²) in [5, 5.41) is 3.00. The quantitative estimate of drug-likeness (QED) is 0.750. The van der Waals surface area contributed by atoms with Crippen LogP contribution in [0.15, 0.2) is 59.1 Å². The van der Waals surface area contributed by atoms with E-state index < -0.39 is 0 Å². The summed E-state index contributed by atoms with van der Waals surface area (Å²) in [5.41, 5.74) is 1.20. The maximum absolute atomic E-state index is 12.2. The van der Waals surface area contributed by atoms with Crippen molar-refractivity contribution in [2.45, 2.75) is 6.04 Å². The van der Waals surface area contributed by atoms with Crippen molar-refractivity contribution < 1.29 is 14.3 Å². The summed E-state index contributed by atoms with van der Waals surface area (Å²) >= 11 is 3.38. The van der Waals surface area contributed by atoms with Gasteiger partial charge in [-0.15, -0.1) is 0 Å². The number of amides is 1. The maximum atomic E-state index is 12.2. The maximum Gasteiger partial charge on any atom is 0.258 e. The smallest absolute Gasteiger partial charge is 0.258 e. The van der Waals surface area contributed by atoms with Gasteiger partial charge in [0.25, 0.3) is 5.91 Å². The zero-order valence-electron chi connectivity index (χ0n) is 14.6. The Hall–Kier alpha value is -1.89. The number of ether oxygens (including phenoxy) is 2. The number of carbonyl (C=O) groups is 1. The van der Waals surface area contributed by atoms with Gasteiger partial charge >= 0.3 is 0 Å². The lowest BCUT2D eigenvalue weighted by Crippen LogP contribution is -2.44. The highest BCUT2D eigenvalue weighted by molar-refractivity contribution is 9.10. The number of carbonyl (C=O) groups excluding carboxylic acids is 1. The van der Waals surface area contributed by atoms with E-state index >= 15 is 0 Å². The van der Waals surface area contributed by atoms with E-state index in [1.54, 1.807) is 0 Å². The van der Waals surface area contributed by atoms with Gasteiger partial charge in [-0.2, -0.15) is 0 Å². The first kappa shape index (κ1) is 18.9. The van der Waals surface area contributed by atoms with Crippen LogP contribution in [0.4, 0.5) is 0 Å². The number of benzene rings is 2. The molecule has 5 nitrogen and oxygen atoms in total. The van der Waals surface area contributed by atoms with Gasteiger partial charge in [-0.3, -0.25) is 9.69 Å². The molecule has 1 N–H and O–H groups in total. The molecule has 6 heteroatoms. The van der Waals surface area contributed by atoms with E-state index in [-0.39, 0.29) is 18.6 Å². The molecule has 0 unspecified atom stereocenters.